The molecule has 0 aliphatic carbocycles. The van der Waals surface area contributed by atoms with Gasteiger partial charge in [0.1, 0.15) is 6.29 Å². The van der Waals surface area contributed by atoms with Crippen molar-refractivity contribution in [2.24, 2.45) is 0 Å². The molecule has 0 unspecified atom stereocenters. The Hall–Kier alpha value is -0.940. The van der Waals surface area contributed by atoms with Gasteiger partial charge >= 0.3 is 5.97 Å². The lowest BCUT2D eigenvalue weighted by molar-refractivity contribution is -0.245. The molecule has 0 atom stereocenters. The van der Waals surface area contributed by atoms with Crippen molar-refractivity contribution in [2.75, 3.05) is 19.8 Å². The molecule has 5 heteroatoms. The molecule has 0 fully saturated rings. The predicted octanol–water partition coefficient (Wildman–Crippen LogP) is 0.908. The van der Waals surface area contributed by atoms with Crippen LogP contribution in [0.4, 0.5) is 0 Å². The van der Waals surface area contributed by atoms with Crippen LogP contribution in [-0.2, 0) is 23.8 Å². The maximum absolute atomic E-state index is 11.6. The first-order chi connectivity index (χ1) is 7.16. The monoisotopic (exact) mass is 218 g/mol. The Bertz CT molecular complexity index is 196. The lowest BCUT2D eigenvalue weighted by Gasteiger charge is -2.28. The Morgan fingerprint density at radius 1 is 1.13 bits per heavy atom. The summed E-state index contributed by atoms with van der Waals surface area (Å²) in [5, 5.41) is 0. The molecule has 5 nitrogen and oxygen atoms in total. The summed E-state index contributed by atoms with van der Waals surface area (Å²) >= 11 is 0. The topological polar surface area (TPSA) is 61.8 Å². The minimum absolute atomic E-state index is 0.159. The van der Waals surface area contributed by atoms with E-state index in [2.05, 4.69) is 0 Å². The van der Waals surface area contributed by atoms with Crippen LogP contribution in [0.3, 0.4) is 0 Å². The molecule has 0 saturated heterocycles. The maximum atomic E-state index is 11.6. The van der Waals surface area contributed by atoms with E-state index in [9.17, 15) is 9.59 Å². The maximum Gasteiger partial charge on any atom is 0.367 e. The number of carbonyl (C=O) groups is 2. The van der Waals surface area contributed by atoms with E-state index in [1.807, 2.05) is 0 Å². The summed E-state index contributed by atoms with van der Waals surface area (Å²) in [4.78, 5) is 22.1. The van der Waals surface area contributed by atoms with Crippen LogP contribution in [0.25, 0.3) is 0 Å². The highest BCUT2D eigenvalue weighted by atomic mass is 16.7. The number of hydrogen-bond donors (Lipinski definition) is 0. The Kier molecular flexibility index (Phi) is 6.90. The van der Waals surface area contributed by atoms with E-state index in [0.29, 0.717) is 6.29 Å². The van der Waals surface area contributed by atoms with Crippen LogP contribution in [0.5, 0.6) is 0 Å². The number of ether oxygens (including phenoxy) is 3. The fourth-order valence-corrected chi connectivity index (χ4v) is 1.18. The van der Waals surface area contributed by atoms with Gasteiger partial charge in [0.2, 0.25) is 0 Å². The molecule has 0 rings (SSSR count). The van der Waals surface area contributed by atoms with Gasteiger partial charge in [-0.1, -0.05) is 0 Å². The Morgan fingerprint density at radius 2 is 1.67 bits per heavy atom. The molecule has 0 radical (unpaired) electrons. The van der Waals surface area contributed by atoms with Crippen LogP contribution in [-0.4, -0.2) is 37.9 Å². The van der Waals surface area contributed by atoms with Crippen LogP contribution in [0.1, 0.15) is 27.2 Å². The van der Waals surface area contributed by atoms with Crippen molar-refractivity contribution in [1.82, 2.24) is 0 Å². The minimum atomic E-state index is -1.57. The van der Waals surface area contributed by atoms with Gasteiger partial charge in [0.15, 0.2) is 0 Å². The summed E-state index contributed by atoms with van der Waals surface area (Å²) in [6, 6.07) is 0. The highest BCUT2D eigenvalue weighted by Crippen LogP contribution is 2.19. The first-order valence-corrected chi connectivity index (χ1v) is 5.05. The van der Waals surface area contributed by atoms with Crippen molar-refractivity contribution in [2.45, 2.75) is 33.0 Å². The van der Waals surface area contributed by atoms with Crippen molar-refractivity contribution in [3.63, 3.8) is 0 Å². The Morgan fingerprint density at radius 3 is 2.00 bits per heavy atom. The lowest BCUT2D eigenvalue weighted by Crippen LogP contribution is -2.46. The zero-order valence-corrected chi connectivity index (χ0v) is 9.45. The van der Waals surface area contributed by atoms with Crippen molar-refractivity contribution in [1.29, 1.82) is 0 Å². The summed E-state index contributed by atoms with van der Waals surface area (Å²) in [5.74, 6) is -2.22. The van der Waals surface area contributed by atoms with Gasteiger partial charge in [-0.2, -0.15) is 0 Å². The second kappa shape index (κ2) is 7.36. The van der Waals surface area contributed by atoms with E-state index in [-0.39, 0.29) is 26.2 Å². The second-order valence-corrected chi connectivity index (χ2v) is 2.71. The second-order valence-electron chi connectivity index (χ2n) is 2.71. The molecule has 0 aromatic heterocycles. The van der Waals surface area contributed by atoms with Gasteiger partial charge in [0.05, 0.1) is 13.0 Å². The smallest absolute Gasteiger partial charge is 0.367 e. The van der Waals surface area contributed by atoms with Gasteiger partial charge in [-0.25, -0.2) is 4.79 Å². The zero-order valence-electron chi connectivity index (χ0n) is 9.45. The molecule has 0 saturated carbocycles. The van der Waals surface area contributed by atoms with E-state index in [1.54, 1.807) is 20.8 Å². The molecule has 88 valence electrons. The molecule has 0 heterocycles. The summed E-state index contributed by atoms with van der Waals surface area (Å²) in [6.45, 7) is 5.88. The van der Waals surface area contributed by atoms with Crippen LogP contribution in [0.15, 0.2) is 0 Å². The molecular formula is C10H18O5. The fourth-order valence-electron chi connectivity index (χ4n) is 1.18. The van der Waals surface area contributed by atoms with Crippen molar-refractivity contribution in [3.05, 3.63) is 0 Å². The normalized spacial score (nSPS) is 11.1. The summed E-state index contributed by atoms with van der Waals surface area (Å²) < 4.78 is 15.2. The minimum Gasteiger partial charge on any atom is -0.462 e. The summed E-state index contributed by atoms with van der Waals surface area (Å²) in [5.41, 5.74) is 0. The van der Waals surface area contributed by atoms with E-state index in [4.69, 9.17) is 14.2 Å². The number of carbonyl (C=O) groups excluding carboxylic acids is 2. The predicted molar refractivity (Wildman–Crippen MR) is 53.3 cm³/mol. The van der Waals surface area contributed by atoms with Gasteiger partial charge in [-0.15, -0.1) is 0 Å². The van der Waals surface area contributed by atoms with Crippen LogP contribution < -0.4 is 0 Å². The van der Waals surface area contributed by atoms with E-state index in [1.165, 1.54) is 0 Å². The summed E-state index contributed by atoms with van der Waals surface area (Å²) in [7, 11) is 0. The molecule has 0 spiro atoms. The standard InChI is InChI=1S/C10H18O5/c1-4-13-9(12)10(7-8-11,14-5-2)15-6-3/h8H,4-7H2,1-3H3. The number of hydrogen-bond acceptors (Lipinski definition) is 5. The first kappa shape index (κ1) is 14.1. The molecule has 0 aliphatic rings. The quantitative estimate of drug-likeness (QED) is 0.344. The molecule has 0 aliphatic heterocycles. The van der Waals surface area contributed by atoms with Crippen molar-refractivity contribution >= 4 is 12.3 Å². The zero-order chi connectivity index (χ0) is 11.7. The molecule has 15 heavy (non-hydrogen) atoms. The fraction of sp³-hybridized carbons (Fsp3) is 0.800. The third-order valence-electron chi connectivity index (χ3n) is 1.69. The van der Waals surface area contributed by atoms with Crippen LogP contribution in [0.2, 0.25) is 0 Å². The van der Waals surface area contributed by atoms with Gasteiger partial charge in [-0.05, 0) is 20.8 Å². The third-order valence-corrected chi connectivity index (χ3v) is 1.69. The molecular weight excluding hydrogens is 200 g/mol. The number of aldehydes is 1. The first-order valence-electron chi connectivity index (χ1n) is 5.05. The molecule has 0 aromatic rings. The molecule has 0 bridgehead atoms. The number of rotatable bonds is 8. The van der Waals surface area contributed by atoms with Crippen molar-refractivity contribution in [3.8, 4) is 0 Å². The van der Waals surface area contributed by atoms with Crippen LogP contribution in [0, 0.1) is 0 Å². The Balaban J connectivity index is 4.73. The molecule has 0 amide bonds. The molecule has 0 N–H and O–H groups in total. The number of esters is 1. The SMILES string of the molecule is CCOC(=O)C(CC=O)(OCC)OCC. The molecule has 0 aromatic carbocycles. The average Bonchev–Trinajstić information content (AvgIpc) is 2.19. The van der Waals surface area contributed by atoms with Gasteiger partial charge < -0.3 is 19.0 Å². The van der Waals surface area contributed by atoms with Crippen LogP contribution >= 0.6 is 0 Å². The lowest BCUT2D eigenvalue weighted by atomic mass is 10.2. The van der Waals surface area contributed by atoms with Gasteiger partial charge in [-0.3, -0.25) is 0 Å². The van der Waals surface area contributed by atoms with Crippen molar-refractivity contribution < 1.29 is 23.8 Å². The highest BCUT2D eigenvalue weighted by molar-refractivity contribution is 5.81. The van der Waals surface area contributed by atoms with E-state index in [0.717, 1.165) is 0 Å². The highest BCUT2D eigenvalue weighted by Gasteiger charge is 2.41. The Labute approximate surface area is 89.7 Å². The average molecular weight is 218 g/mol. The van der Waals surface area contributed by atoms with Gasteiger partial charge in [0, 0.05) is 13.2 Å². The van der Waals surface area contributed by atoms with Gasteiger partial charge in [0.25, 0.3) is 5.79 Å². The van der Waals surface area contributed by atoms with E-state index >= 15 is 0 Å². The van der Waals surface area contributed by atoms with E-state index < -0.39 is 11.8 Å². The largest absolute Gasteiger partial charge is 0.462 e. The summed E-state index contributed by atoms with van der Waals surface area (Å²) in [6.07, 6.45) is 0.426. The third kappa shape index (κ3) is 3.97.